The fraction of sp³-hybridized carbons (Fsp3) is 0.333. The van der Waals surface area contributed by atoms with Crippen molar-refractivity contribution in [2.24, 2.45) is 0 Å². The number of benzene rings is 1. The van der Waals surface area contributed by atoms with Crippen molar-refractivity contribution in [1.82, 2.24) is 19.2 Å². The fourth-order valence-corrected chi connectivity index (χ4v) is 4.40. The largest absolute Gasteiger partial charge is 0.493 e. The van der Waals surface area contributed by atoms with Crippen LogP contribution in [-0.2, 0) is 17.8 Å². The summed E-state index contributed by atoms with van der Waals surface area (Å²) in [4.78, 5) is 25.0. The summed E-state index contributed by atoms with van der Waals surface area (Å²) in [7, 11) is 3.11. The first-order valence-electron chi connectivity index (χ1n) is 9.93. The highest BCUT2D eigenvalue weighted by Gasteiger charge is 2.17. The summed E-state index contributed by atoms with van der Waals surface area (Å²) in [5.74, 6) is 2.32. The number of ether oxygens (including phenoxy) is 2. The van der Waals surface area contributed by atoms with Crippen LogP contribution in [0.1, 0.15) is 25.6 Å². The van der Waals surface area contributed by atoms with Crippen LogP contribution in [0.2, 0.25) is 0 Å². The Labute approximate surface area is 182 Å². The van der Waals surface area contributed by atoms with Crippen molar-refractivity contribution in [2.45, 2.75) is 32.7 Å². The van der Waals surface area contributed by atoms with Crippen molar-refractivity contribution in [3.8, 4) is 11.5 Å². The van der Waals surface area contributed by atoms with Crippen LogP contribution >= 0.6 is 11.3 Å². The molecule has 9 nitrogen and oxygen atoms in total. The number of carbonyl (C=O) groups excluding carboxylic acids is 1. The van der Waals surface area contributed by atoms with E-state index in [9.17, 15) is 9.59 Å². The third-order valence-electron chi connectivity index (χ3n) is 5.07. The van der Waals surface area contributed by atoms with Gasteiger partial charge < -0.3 is 14.8 Å². The number of aryl methyl sites for hydroxylation is 2. The van der Waals surface area contributed by atoms with Gasteiger partial charge in [0.25, 0.3) is 5.56 Å². The Morgan fingerprint density at radius 2 is 1.97 bits per heavy atom. The first-order valence-corrected chi connectivity index (χ1v) is 10.8. The number of hydrogen-bond acceptors (Lipinski definition) is 7. The van der Waals surface area contributed by atoms with E-state index in [0.717, 1.165) is 11.3 Å². The third kappa shape index (κ3) is 3.86. The first-order chi connectivity index (χ1) is 15.1. The number of fused-ring (bicyclic) bond motifs is 3. The van der Waals surface area contributed by atoms with E-state index in [1.165, 1.54) is 11.3 Å². The molecule has 0 fully saturated rings. The molecule has 0 atom stereocenters. The molecule has 0 aliphatic carbocycles. The second kappa shape index (κ2) is 8.76. The van der Waals surface area contributed by atoms with Crippen LogP contribution in [0, 0.1) is 0 Å². The van der Waals surface area contributed by atoms with Crippen molar-refractivity contribution in [1.29, 1.82) is 0 Å². The molecule has 3 heterocycles. The van der Waals surface area contributed by atoms with Crippen LogP contribution < -0.4 is 20.3 Å². The number of methoxy groups -OCH3 is 2. The second-order valence-electron chi connectivity index (χ2n) is 6.91. The average Bonchev–Trinajstić information content (AvgIpc) is 3.41. The standard InChI is InChI=1S/C21H23N5O4S/c1-4-25-20(28)19-14(10-11-31-19)26-17(23-24-21(25)26)6-5-7-18(27)22-13-8-9-15(29-2)16(12-13)30-3/h8-12H,4-7H2,1-3H3,(H,22,27). The Hall–Kier alpha value is -3.40. The summed E-state index contributed by atoms with van der Waals surface area (Å²) in [5.41, 5.74) is 1.40. The number of nitrogens with one attached hydrogen (secondary N) is 1. The van der Waals surface area contributed by atoms with E-state index in [0.29, 0.717) is 53.5 Å². The average molecular weight is 442 g/mol. The second-order valence-corrected chi connectivity index (χ2v) is 7.82. The summed E-state index contributed by atoms with van der Waals surface area (Å²) in [5, 5.41) is 13.3. The molecule has 1 N–H and O–H groups in total. The lowest BCUT2D eigenvalue weighted by atomic mass is 10.2. The van der Waals surface area contributed by atoms with Gasteiger partial charge in [0.15, 0.2) is 11.5 Å². The zero-order valence-electron chi connectivity index (χ0n) is 17.5. The minimum atomic E-state index is -0.104. The molecule has 3 aromatic heterocycles. The summed E-state index contributed by atoms with van der Waals surface area (Å²) < 4.78 is 14.7. The summed E-state index contributed by atoms with van der Waals surface area (Å²) in [6, 6.07) is 7.14. The van der Waals surface area contributed by atoms with Crippen molar-refractivity contribution < 1.29 is 14.3 Å². The molecule has 0 radical (unpaired) electrons. The Balaban J connectivity index is 1.47. The molecule has 0 aliphatic heterocycles. The number of aromatic nitrogens is 4. The smallest absolute Gasteiger partial charge is 0.272 e. The normalized spacial score (nSPS) is 11.2. The number of anilines is 1. The maximum atomic E-state index is 12.6. The van der Waals surface area contributed by atoms with E-state index in [4.69, 9.17) is 9.47 Å². The molecule has 0 bridgehead atoms. The van der Waals surface area contributed by atoms with Crippen LogP contribution in [0.3, 0.4) is 0 Å². The van der Waals surface area contributed by atoms with Gasteiger partial charge in [0, 0.05) is 31.1 Å². The van der Waals surface area contributed by atoms with E-state index in [1.807, 2.05) is 22.8 Å². The molecular formula is C21H23N5O4S. The minimum absolute atomic E-state index is 0.0479. The Bertz CT molecular complexity index is 1310. The zero-order valence-corrected chi connectivity index (χ0v) is 18.4. The molecule has 0 spiro atoms. The van der Waals surface area contributed by atoms with Crippen molar-refractivity contribution in [3.05, 3.63) is 45.8 Å². The van der Waals surface area contributed by atoms with E-state index >= 15 is 0 Å². The summed E-state index contributed by atoms with van der Waals surface area (Å²) in [6.07, 6.45) is 1.48. The molecule has 1 aromatic carbocycles. The molecule has 1 amide bonds. The maximum absolute atomic E-state index is 12.6. The summed E-state index contributed by atoms with van der Waals surface area (Å²) >= 11 is 1.41. The van der Waals surface area contributed by atoms with Crippen LogP contribution in [0.25, 0.3) is 16.0 Å². The van der Waals surface area contributed by atoms with Crippen molar-refractivity contribution in [3.63, 3.8) is 0 Å². The fourth-order valence-electron chi connectivity index (χ4n) is 3.57. The number of nitrogens with zero attached hydrogens (tertiary/aromatic N) is 4. The monoisotopic (exact) mass is 441 g/mol. The van der Waals surface area contributed by atoms with Gasteiger partial charge in [-0.05, 0) is 36.9 Å². The highest BCUT2D eigenvalue weighted by molar-refractivity contribution is 7.17. The lowest BCUT2D eigenvalue weighted by molar-refractivity contribution is -0.116. The van der Waals surface area contributed by atoms with E-state index in [1.54, 1.807) is 37.0 Å². The Morgan fingerprint density at radius 3 is 2.71 bits per heavy atom. The highest BCUT2D eigenvalue weighted by Crippen LogP contribution is 2.29. The number of hydrogen-bond donors (Lipinski definition) is 1. The van der Waals surface area contributed by atoms with Gasteiger partial charge in [0.05, 0.1) is 19.7 Å². The molecule has 31 heavy (non-hydrogen) atoms. The number of thiophene rings is 1. The molecule has 0 saturated carbocycles. The zero-order chi connectivity index (χ0) is 22.0. The van der Waals surface area contributed by atoms with E-state index in [-0.39, 0.29) is 11.5 Å². The van der Waals surface area contributed by atoms with E-state index < -0.39 is 0 Å². The third-order valence-corrected chi connectivity index (χ3v) is 5.96. The lowest BCUT2D eigenvalue weighted by Crippen LogP contribution is -2.21. The van der Waals surface area contributed by atoms with Gasteiger partial charge in [-0.2, -0.15) is 0 Å². The van der Waals surface area contributed by atoms with Gasteiger partial charge in [-0.25, -0.2) is 0 Å². The van der Waals surface area contributed by atoms with Gasteiger partial charge in [-0.15, -0.1) is 21.5 Å². The Morgan fingerprint density at radius 1 is 1.16 bits per heavy atom. The molecule has 0 unspecified atom stereocenters. The number of rotatable bonds is 8. The molecule has 0 saturated heterocycles. The van der Waals surface area contributed by atoms with Gasteiger partial charge in [-0.1, -0.05) is 0 Å². The van der Waals surface area contributed by atoms with Gasteiger partial charge in [-0.3, -0.25) is 18.6 Å². The number of carbonyl (C=O) groups is 1. The van der Waals surface area contributed by atoms with E-state index in [2.05, 4.69) is 15.5 Å². The minimum Gasteiger partial charge on any atom is -0.493 e. The van der Waals surface area contributed by atoms with Crippen molar-refractivity contribution in [2.75, 3.05) is 19.5 Å². The number of amides is 1. The van der Waals surface area contributed by atoms with Crippen LogP contribution in [0.5, 0.6) is 11.5 Å². The first kappa shape index (κ1) is 20.9. The van der Waals surface area contributed by atoms with Gasteiger partial charge in [0.1, 0.15) is 10.5 Å². The molecule has 0 aliphatic rings. The van der Waals surface area contributed by atoms with Crippen LogP contribution in [-0.4, -0.2) is 39.3 Å². The SMILES string of the molecule is CCn1c(=O)c2sccc2n2c(CCCC(=O)Nc3ccc(OC)c(OC)c3)nnc12. The Kier molecular flexibility index (Phi) is 5.90. The highest BCUT2D eigenvalue weighted by atomic mass is 32.1. The molecule has 162 valence electrons. The lowest BCUT2D eigenvalue weighted by Gasteiger charge is -2.10. The molecule has 4 rings (SSSR count). The van der Waals surface area contributed by atoms with Crippen LogP contribution in [0.4, 0.5) is 5.69 Å². The van der Waals surface area contributed by atoms with Gasteiger partial charge >= 0.3 is 0 Å². The molecular weight excluding hydrogens is 418 g/mol. The maximum Gasteiger partial charge on any atom is 0.272 e. The van der Waals surface area contributed by atoms with Gasteiger partial charge in [0.2, 0.25) is 11.7 Å². The predicted octanol–water partition coefficient (Wildman–Crippen LogP) is 3.10. The van der Waals surface area contributed by atoms with Crippen LogP contribution in [0.15, 0.2) is 34.4 Å². The molecule has 10 heteroatoms. The molecule has 4 aromatic rings. The van der Waals surface area contributed by atoms with Crippen molar-refractivity contribution >= 4 is 38.9 Å². The predicted molar refractivity (Wildman–Crippen MR) is 119 cm³/mol. The summed E-state index contributed by atoms with van der Waals surface area (Å²) in [6.45, 7) is 2.43. The topological polar surface area (TPSA) is 99.8 Å². The quantitative estimate of drug-likeness (QED) is 0.451.